The first-order valence-electron chi connectivity index (χ1n) is 12.1. The third-order valence-electron chi connectivity index (χ3n) is 6.98. The number of nitrogens with zero attached hydrogens (tertiary/aromatic N) is 4. The lowest BCUT2D eigenvalue weighted by atomic mass is 10.0. The monoisotopic (exact) mass is 505 g/mol. The summed E-state index contributed by atoms with van der Waals surface area (Å²) in [7, 11) is 0. The van der Waals surface area contributed by atoms with E-state index in [9.17, 15) is 9.90 Å². The molecular weight excluding hydrogens is 473 g/mol. The minimum atomic E-state index is -0.167. The highest BCUT2D eigenvalue weighted by atomic mass is 35.5. The SMILES string of the molecule is Cc1c(NCCc2ccc(Cl)c(Cl)c2)ncnc1C(=O)N1CCC(N2CCCC(O)CC2)CC1. The van der Waals surface area contributed by atoms with E-state index in [1.54, 1.807) is 6.07 Å². The molecule has 3 heterocycles. The van der Waals surface area contributed by atoms with Gasteiger partial charge in [0.05, 0.1) is 16.1 Å². The van der Waals surface area contributed by atoms with E-state index in [2.05, 4.69) is 20.2 Å². The van der Waals surface area contributed by atoms with Crippen molar-refractivity contribution in [2.24, 2.45) is 0 Å². The molecule has 0 aliphatic carbocycles. The molecular formula is C25H33Cl2N5O2. The van der Waals surface area contributed by atoms with Gasteiger partial charge in [-0.15, -0.1) is 0 Å². The van der Waals surface area contributed by atoms with Gasteiger partial charge in [0.25, 0.3) is 5.91 Å². The third kappa shape index (κ3) is 6.19. The number of likely N-dealkylation sites (tertiary alicyclic amines) is 2. The molecule has 34 heavy (non-hydrogen) atoms. The minimum Gasteiger partial charge on any atom is -0.393 e. The normalized spacial score (nSPS) is 20.2. The second kappa shape index (κ2) is 11.7. The predicted molar refractivity (Wildman–Crippen MR) is 136 cm³/mol. The van der Waals surface area contributed by atoms with E-state index in [-0.39, 0.29) is 12.0 Å². The van der Waals surface area contributed by atoms with Gasteiger partial charge in [-0.25, -0.2) is 9.97 Å². The van der Waals surface area contributed by atoms with Crippen LogP contribution in [0.25, 0.3) is 0 Å². The third-order valence-corrected chi connectivity index (χ3v) is 7.72. The van der Waals surface area contributed by atoms with Gasteiger partial charge < -0.3 is 20.2 Å². The number of carbonyl (C=O) groups is 1. The number of carbonyl (C=O) groups excluding carboxylic acids is 1. The minimum absolute atomic E-state index is 0.0304. The Hall–Kier alpha value is -1.93. The summed E-state index contributed by atoms with van der Waals surface area (Å²) < 4.78 is 0. The Kier molecular flexibility index (Phi) is 8.64. The number of piperidine rings is 1. The first kappa shape index (κ1) is 25.2. The van der Waals surface area contributed by atoms with Crippen molar-refractivity contribution >= 4 is 34.9 Å². The fourth-order valence-corrected chi connectivity index (χ4v) is 5.24. The molecule has 0 radical (unpaired) electrons. The highest BCUT2D eigenvalue weighted by Crippen LogP contribution is 2.24. The number of aliphatic hydroxyl groups is 1. The second-order valence-corrected chi connectivity index (χ2v) is 10.1. The van der Waals surface area contributed by atoms with Gasteiger partial charge in [0.2, 0.25) is 0 Å². The van der Waals surface area contributed by atoms with E-state index in [0.717, 1.165) is 75.8 Å². The van der Waals surface area contributed by atoms with Crippen molar-refractivity contribution in [1.82, 2.24) is 19.8 Å². The van der Waals surface area contributed by atoms with Crippen LogP contribution >= 0.6 is 23.2 Å². The summed E-state index contributed by atoms with van der Waals surface area (Å²) in [6.07, 6.45) is 6.74. The molecule has 2 N–H and O–H groups in total. The fourth-order valence-electron chi connectivity index (χ4n) is 4.91. The molecule has 9 heteroatoms. The molecule has 2 aromatic rings. The molecule has 0 saturated carbocycles. The highest BCUT2D eigenvalue weighted by Gasteiger charge is 2.30. The molecule has 1 amide bonds. The topological polar surface area (TPSA) is 81.6 Å². The van der Waals surface area contributed by atoms with Crippen molar-refractivity contribution in [3.8, 4) is 0 Å². The molecule has 7 nitrogen and oxygen atoms in total. The van der Waals surface area contributed by atoms with Gasteiger partial charge in [-0.1, -0.05) is 29.3 Å². The Morgan fingerprint density at radius 1 is 1.09 bits per heavy atom. The van der Waals surface area contributed by atoms with Crippen LogP contribution in [0.15, 0.2) is 24.5 Å². The van der Waals surface area contributed by atoms with Gasteiger partial charge >= 0.3 is 0 Å². The molecule has 184 valence electrons. The van der Waals surface area contributed by atoms with Crippen molar-refractivity contribution in [2.45, 2.75) is 57.6 Å². The van der Waals surface area contributed by atoms with E-state index in [0.29, 0.717) is 34.1 Å². The number of benzene rings is 1. The number of halogens is 2. The van der Waals surface area contributed by atoms with Gasteiger partial charge in [-0.2, -0.15) is 0 Å². The molecule has 1 aromatic heterocycles. The van der Waals surface area contributed by atoms with Gasteiger partial charge in [-0.05, 0) is 69.7 Å². The molecule has 1 unspecified atom stereocenters. The standard InChI is InChI=1S/C25H33Cl2N5O2/c1-17-23(29-16-30-24(17)28-10-6-18-4-5-21(26)22(27)15-18)25(34)32-12-7-19(8-13-32)31-11-2-3-20(33)9-14-31/h4-5,15-16,19-20,33H,2-3,6-14H2,1H3,(H,28,29,30). The zero-order chi connectivity index (χ0) is 24.1. The van der Waals surface area contributed by atoms with Crippen LogP contribution in [-0.2, 0) is 6.42 Å². The van der Waals surface area contributed by atoms with Crippen molar-refractivity contribution in [3.63, 3.8) is 0 Å². The summed E-state index contributed by atoms with van der Waals surface area (Å²) in [5.74, 6) is 0.647. The summed E-state index contributed by atoms with van der Waals surface area (Å²) in [5, 5.41) is 14.3. The lowest BCUT2D eigenvalue weighted by Crippen LogP contribution is -2.47. The average molecular weight is 506 g/mol. The van der Waals surface area contributed by atoms with E-state index in [1.807, 2.05) is 24.0 Å². The molecule has 2 aliphatic rings. The van der Waals surface area contributed by atoms with Crippen LogP contribution in [-0.4, -0.2) is 75.7 Å². The van der Waals surface area contributed by atoms with Crippen LogP contribution in [0.5, 0.6) is 0 Å². The van der Waals surface area contributed by atoms with Crippen LogP contribution in [0.1, 0.15) is 53.7 Å². The van der Waals surface area contributed by atoms with Gasteiger partial charge in [0, 0.05) is 37.8 Å². The lowest BCUT2D eigenvalue weighted by molar-refractivity contribution is 0.0611. The first-order valence-corrected chi connectivity index (χ1v) is 12.9. The van der Waals surface area contributed by atoms with Crippen molar-refractivity contribution in [3.05, 3.63) is 51.4 Å². The number of anilines is 1. The Morgan fingerprint density at radius 3 is 2.65 bits per heavy atom. The summed E-state index contributed by atoms with van der Waals surface area (Å²) in [6.45, 7) is 5.99. The summed E-state index contributed by atoms with van der Waals surface area (Å²) >= 11 is 12.1. The number of nitrogens with one attached hydrogen (secondary N) is 1. The van der Waals surface area contributed by atoms with Crippen LogP contribution < -0.4 is 5.32 Å². The van der Waals surface area contributed by atoms with Crippen molar-refractivity contribution in [2.75, 3.05) is 38.0 Å². The Morgan fingerprint density at radius 2 is 1.88 bits per heavy atom. The van der Waals surface area contributed by atoms with Crippen LogP contribution in [0.4, 0.5) is 5.82 Å². The van der Waals surface area contributed by atoms with E-state index in [4.69, 9.17) is 23.2 Å². The number of hydrogen-bond donors (Lipinski definition) is 2. The zero-order valence-electron chi connectivity index (χ0n) is 19.6. The highest BCUT2D eigenvalue weighted by molar-refractivity contribution is 6.42. The summed E-state index contributed by atoms with van der Waals surface area (Å²) in [6, 6.07) is 6.10. The average Bonchev–Trinajstić information content (AvgIpc) is 3.06. The Labute approximate surface area is 211 Å². The van der Waals surface area contributed by atoms with E-state index < -0.39 is 0 Å². The van der Waals surface area contributed by atoms with Gasteiger partial charge in [0.15, 0.2) is 0 Å². The molecule has 1 atom stereocenters. The van der Waals surface area contributed by atoms with Crippen LogP contribution in [0.3, 0.4) is 0 Å². The van der Waals surface area contributed by atoms with E-state index in [1.165, 1.54) is 6.33 Å². The zero-order valence-corrected chi connectivity index (χ0v) is 21.2. The number of aromatic nitrogens is 2. The summed E-state index contributed by atoms with van der Waals surface area (Å²) in [5.41, 5.74) is 2.31. The molecule has 2 fully saturated rings. The Balaban J connectivity index is 1.32. The number of hydrogen-bond acceptors (Lipinski definition) is 6. The fraction of sp³-hybridized carbons (Fsp3) is 0.560. The van der Waals surface area contributed by atoms with Crippen LogP contribution in [0.2, 0.25) is 10.0 Å². The maximum atomic E-state index is 13.3. The molecule has 2 saturated heterocycles. The smallest absolute Gasteiger partial charge is 0.272 e. The van der Waals surface area contributed by atoms with Crippen molar-refractivity contribution < 1.29 is 9.90 Å². The molecule has 2 aliphatic heterocycles. The van der Waals surface area contributed by atoms with E-state index >= 15 is 0 Å². The summed E-state index contributed by atoms with van der Waals surface area (Å²) in [4.78, 5) is 26.3. The van der Waals surface area contributed by atoms with Gasteiger partial charge in [0.1, 0.15) is 17.8 Å². The molecule has 0 bridgehead atoms. The predicted octanol–water partition coefficient (Wildman–Crippen LogP) is 4.20. The molecule has 1 aromatic carbocycles. The first-order chi connectivity index (χ1) is 16.4. The van der Waals surface area contributed by atoms with Crippen molar-refractivity contribution in [1.29, 1.82) is 0 Å². The maximum absolute atomic E-state index is 13.3. The number of rotatable bonds is 6. The largest absolute Gasteiger partial charge is 0.393 e. The number of aliphatic hydroxyl groups excluding tert-OH is 1. The van der Waals surface area contributed by atoms with Gasteiger partial charge in [-0.3, -0.25) is 4.79 Å². The second-order valence-electron chi connectivity index (χ2n) is 9.27. The van der Waals surface area contributed by atoms with Crippen LogP contribution in [0, 0.1) is 6.92 Å². The Bertz CT molecular complexity index is 997. The lowest BCUT2D eigenvalue weighted by Gasteiger charge is -2.38. The quantitative estimate of drug-likeness (QED) is 0.612. The number of amides is 1. The molecule has 4 rings (SSSR count). The molecule has 0 spiro atoms. The maximum Gasteiger partial charge on any atom is 0.272 e.